The first-order valence-corrected chi connectivity index (χ1v) is 7.10. The first-order chi connectivity index (χ1) is 7.57. The Hall–Kier alpha value is -0.640. The van der Waals surface area contributed by atoms with Crippen LogP contribution in [0, 0.1) is 22.7 Å². The molecule has 0 spiro atoms. The number of hydrogen-bond acceptors (Lipinski definition) is 5. The monoisotopic (exact) mass is 263 g/mol. The minimum absolute atomic E-state index is 0.129. The molecule has 0 aromatic carbocycles. The van der Waals surface area contributed by atoms with E-state index in [1.165, 1.54) is 0 Å². The predicted molar refractivity (Wildman–Crippen MR) is 64.6 cm³/mol. The number of rotatable bonds is 6. The summed E-state index contributed by atoms with van der Waals surface area (Å²) >= 11 is 0. The van der Waals surface area contributed by atoms with Gasteiger partial charge in [-0.05, 0) is 17.8 Å². The van der Waals surface area contributed by atoms with Gasteiger partial charge >= 0.3 is 0 Å². The van der Waals surface area contributed by atoms with Crippen molar-refractivity contribution in [3.63, 3.8) is 0 Å². The lowest BCUT2D eigenvalue weighted by Crippen LogP contribution is -2.23. The quantitative estimate of drug-likeness (QED) is 0.576. The average molecular weight is 263 g/mol. The van der Waals surface area contributed by atoms with Crippen molar-refractivity contribution in [2.45, 2.75) is 40.2 Å². The predicted octanol–water partition coefficient (Wildman–Crippen LogP) is 1.29. The first-order valence-electron chi connectivity index (χ1n) is 5.52. The molecule has 6 heteroatoms. The third kappa shape index (κ3) is 8.13. The molecule has 0 bridgehead atoms. The Kier molecular flexibility index (Phi) is 6.10. The summed E-state index contributed by atoms with van der Waals surface area (Å²) in [5.41, 5.74) is -0.217. The molecular formula is C11H21NO4S. The normalized spacial score (nSPS) is 16.2. The highest BCUT2D eigenvalue weighted by atomic mass is 32.2. The Morgan fingerprint density at radius 2 is 1.94 bits per heavy atom. The van der Waals surface area contributed by atoms with Gasteiger partial charge in [0.1, 0.15) is 6.10 Å². The lowest BCUT2D eigenvalue weighted by Gasteiger charge is -2.18. The summed E-state index contributed by atoms with van der Waals surface area (Å²) in [7, 11) is -3.57. The lowest BCUT2D eigenvalue weighted by molar-refractivity contribution is 0.165. The average Bonchev–Trinajstić information content (AvgIpc) is 2.21. The van der Waals surface area contributed by atoms with Gasteiger partial charge in [0.25, 0.3) is 10.1 Å². The van der Waals surface area contributed by atoms with E-state index < -0.39 is 16.2 Å². The van der Waals surface area contributed by atoms with E-state index >= 15 is 0 Å². The molecule has 1 N–H and O–H groups in total. The molecule has 0 aromatic heterocycles. The van der Waals surface area contributed by atoms with E-state index in [1.54, 1.807) is 13.0 Å². The van der Waals surface area contributed by atoms with E-state index in [4.69, 9.17) is 9.44 Å². The second-order valence-electron chi connectivity index (χ2n) is 5.42. The SMILES string of the molecule is CC(CCS(=O)(=O)OCC(C)(C)C)C(O)C#N. The van der Waals surface area contributed by atoms with Gasteiger partial charge in [-0.3, -0.25) is 4.18 Å². The van der Waals surface area contributed by atoms with E-state index in [0.29, 0.717) is 0 Å². The van der Waals surface area contributed by atoms with E-state index in [1.807, 2.05) is 20.8 Å². The Bertz CT molecular complexity index is 364. The van der Waals surface area contributed by atoms with Gasteiger partial charge in [0, 0.05) is 0 Å². The molecule has 0 aromatic rings. The van der Waals surface area contributed by atoms with Crippen LogP contribution in [0.2, 0.25) is 0 Å². The molecule has 2 atom stereocenters. The van der Waals surface area contributed by atoms with Crippen molar-refractivity contribution in [3.05, 3.63) is 0 Å². The summed E-state index contributed by atoms with van der Waals surface area (Å²) in [5.74, 6) is -0.559. The number of nitrogens with zero attached hydrogens (tertiary/aromatic N) is 1. The van der Waals surface area contributed by atoms with Gasteiger partial charge in [0.15, 0.2) is 0 Å². The van der Waals surface area contributed by atoms with Crippen LogP contribution >= 0.6 is 0 Å². The fourth-order valence-corrected chi connectivity index (χ4v) is 2.25. The highest BCUT2D eigenvalue weighted by Gasteiger charge is 2.21. The third-order valence-electron chi connectivity index (χ3n) is 2.17. The topological polar surface area (TPSA) is 87.4 Å². The molecule has 0 aliphatic heterocycles. The van der Waals surface area contributed by atoms with Crippen molar-refractivity contribution in [1.82, 2.24) is 0 Å². The molecule has 0 amide bonds. The van der Waals surface area contributed by atoms with Gasteiger partial charge in [0.2, 0.25) is 0 Å². The van der Waals surface area contributed by atoms with Gasteiger partial charge in [-0.25, -0.2) is 0 Å². The smallest absolute Gasteiger partial charge is 0.267 e. The van der Waals surface area contributed by atoms with E-state index in [0.717, 1.165) is 0 Å². The number of nitriles is 1. The lowest BCUT2D eigenvalue weighted by atomic mass is 9.99. The highest BCUT2D eigenvalue weighted by molar-refractivity contribution is 7.86. The molecule has 0 radical (unpaired) electrons. The van der Waals surface area contributed by atoms with Gasteiger partial charge < -0.3 is 5.11 Å². The first kappa shape index (κ1) is 16.4. The van der Waals surface area contributed by atoms with Crippen LogP contribution in [0.1, 0.15) is 34.1 Å². The highest BCUT2D eigenvalue weighted by Crippen LogP contribution is 2.16. The van der Waals surface area contributed by atoms with Crippen molar-refractivity contribution in [1.29, 1.82) is 5.26 Å². The van der Waals surface area contributed by atoms with E-state index in [-0.39, 0.29) is 30.1 Å². The molecule has 0 heterocycles. The molecule has 0 fully saturated rings. The molecule has 0 aliphatic rings. The van der Waals surface area contributed by atoms with Gasteiger partial charge in [-0.15, -0.1) is 0 Å². The van der Waals surface area contributed by atoms with Crippen molar-refractivity contribution >= 4 is 10.1 Å². The van der Waals surface area contributed by atoms with Gasteiger partial charge in [-0.2, -0.15) is 13.7 Å². The van der Waals surface area contributed by atoms with Gasteiger partial charge in [-0.1, -0.05) is 27.7 Å². The van der Waals surface area contributed by atoms with Crippen molar-refractivity contribution in [2.75, 3.05) is 12.4 Å². The fourth-order valence-electron chi connectivity index (χ4n) is 0.941. The summed E-state index contributed by atoms with van der Waals surface area (Å²) in [6, 6.07) is 1.68. The molecule has 17 heavy (non-hydrogen) atoms. The van der Waals surface area contributed by atoms with Crippen molar-refractivity contribution < 1.29 is 17.7 Å². The fraction of sp³-hybridized carbons (Fsp3) is 0.909. The summed E-state index contributed by atoms with van der Waals surface area (Å²) in [4.78, 5) is 0. The second-order valence-corrected chi connectivity index (χ2v) is 7.18. The molecule has 0 rings (SSSR count). The summed E-state index contributed by atoms with van der Waals surface area (Å²) < 4.78 is 27.9. The molecule has 0 saturated carbocycles. The molecular weight excluding hydrogens is 242 g/mol. The van der Waals surface area contributed by atoms with Crippen molar-refractivity contribution in [3.8, 4) is 6.07 Å². The maximum Gasteiger partial charge on any atom is 0.267 e. The maximum atomic E-state index is 11.5. The van der Waals surface area contributed by atoms with Crippen LogP contribution in [0.25, 0.3) is 0 Å². The van der Waals surface area contributed by atoms with E-state index in [9.17, 15) is 13.5 Å². The zero-order valence-corrected chi connectivity index (χ0v) is 11.6. The van der Waals surface area contributed by atoms with Gasteiger partial charge in [0.05, 0.1) is 18.4 Å². The molecule has 100 valence electrons. The summed E-state index contributed by atoms with van der Waals surface area (Å²) in [6.45, 7) is 7.40. The van der Waals surface area contributed by atoms with Crippen LogP contribution in [0.3, 0.4) is 0 Å². The Morgan fingerprint density at radius 1 is 1.41 bits per heavy atom. The zero-order chi connectivity index (χ0) is 13.7. The molecule has 5 nitrogen and oxygen atoms in total. The number of aliphatic hydroxyl groups is 1. The van der Waals surface area contributed by atoms with Crippen LogP contribution in [0.15, 0.2) is 0 Å². The second kappa shape index (κ2) is 6.34. The summed E-state index contributed by atoms with van der Waals surface area (Å²) in [5, 5.41) is 17.6. The minimum atomic E-state index is -3.57. The summed E-state index contributed by atoms with van der Waals surface area (Å²) in [6.07, 6.45) is -0.922. The standard InChI is InChI=1S/C11H21NO4S/c1-9(10(13)7-12)5-6-17(14,15)16-8-11(2,3)4/h9-10,13H,5-6,8H2,1-4H3. The largest absolute Gasteiger partial charge is 0.378 e. The maximum absolute atomic E-state index is 11.5. The van der Waals surface area contributed by atoms with Crippen LogP contribution in [-0.4, -0.2) is 32.0 Å². The van der Waals surface area contributed by atoms with Crippen LogP contribution in [0.5, 0.6) is 0 Å². The number of hydrogen-bond donors (Lipinski definition) is 1. The Morgan fingerprint density at radius 3 is 2.35 bits per heavy atom. The zero-order valence-electron chi connectivity index (χ0n) is 10.8. The molecule has 0 saturated heterocycles. The minimum Gasteiger partial charge on any atom is -0.378 e. The van der Waals surface area contributed by atoms with Crippen LogP contribution in [0.4, 0.5) is 0 Å². The van der Waals surface area contributed by atoms with Crippen LogP contribution in [-0.2, 0) is 14.3 Å². The molecule has 0 aliphatic carbocycles. The van der Waals surface area contributed by atoms with Crippen molar-refractivity contribution in [2.24, 2.45) is 11.3 Å². The van der Waals surface area contributed by atoms with E-state index in [2.05, 4.69) is 0 Å². The Labute approximate surface area is 104 Å². The molecule has 2 unspecified atom stereocenters. The Balaban J connectivity index is 4.16. The third-order valence-corrected chi connectivity index (χ3v) is 3.38. The number of aliphatic hydroxyl groups excluding tert-OH is 1. The van der Waals surface area contributed by atoms with Crippen LogP contribution < -0.4 is 0 Å².